The molecule has 2 rings (SSSR count). The van der Waals surface area contributed by atoms with Crippen LogP contribution in [0.3, 0.4) is 0 Å². The van der Waals surface area contributed by atoms with E-state index in [0.29, 0.717) is 18.8 Å². The molecule has 3 nitrogen and oxygen atoms in total. The van der Waals surface area contributed by atoms with Gasteiger partial charge in [-0.1, -0.05) is 6.92 Å². The summed E-state index contributed by atoms with van der Waals surface area (Å²) in [6.07, 6.45) is 3.24. The summed E-state index contributed by atoms with van der Waals surface area (Å²) in [5, 5.41) is 2.76. The molecule has 0 amide bonds. The van der Waals surface area contributed by atoms with Gasteiger partial charge in [0.15, 0.2) is 0 Å². The maximum Gasteiger partial charge on any atom is 0.140 e. The monoisotopic (exact) mass is 280 g/mol. The van der Waals surface area contributed by atoms with Gasteiger partial charge in [-0.15, -0.1) is 11.3 Å². The zero-order chi connectivity index (χ0) is 13.7. The number of thiazole rings is 1. The van der Waals surface area contributed by atoms with Gasteiger partial charge in [0.1, 0.15) is 23.2 Å². The predicted molar refractivity (Wildman–Crippen MR) is 74.8 cm³/mol. The maximum absolute atomic E-state index is 13.5. The fourth-order valence-electron chi connectivity index (χ4n) is 1.74. The van der Waals surface area contributed by atoms with Crippen molar-refractivity contribution in [3.8, 4) is 5.75 Å². The largest absolute Gasteiger partial charge is 0.486 e. The van der Waals surface area contributed by atoms with E-state index in [1.54, 1.807) is 6.20 Å². The van der Waals surface area contributed by atoms with Crippen molar-refractivity contribution in [2.45, 2.75) is 32.4 Å². The molecule has 2 N–H and O–H groups in total. The molecule has 1 unspecified atom stereocenters. The summed E-state index contributed by atoms with van der Waals surface area (Å²) in [5.74, 6) is 0.225. The fourth-order valence-corrected chi connectivity index (χ4v) is 2.27. The zero-order valence-corrected chi connectivity index (χ0v) is 11.6. The fraction of sp³-hybridized carbons (Fsp3) is 0.357. The van der Waals surface area contributed by atoms with Crippen LogP contribution in [0.5, 0.6) is 5.75 Å². The molecular formula is C14H17FN2OS. The van der Waals surface area contributed by atoms with Gasteiger partial charge in [0, 0.05) is 23.7 Å². The van der Waals surface area contributed by atoms with Gasteiger partial charge >= 0.3 is 0 Å². The molecule has 1 aromatic carbocycles. The molecule has 0 saturated heterocycles. The van der Waals surface area contributed by atoms with E-state index in [4.69, 9.17) is 10.5 Å². The molecule has 102 valence electrons. The molecule has 0 saturated carbocycles. The van der Waals surface area contributed by atoms with Crippen LogP contribution in [0.15, 0.2) is 29.8 Å². The van der Waals surface area contributed by atoms with Crippen LogP contribution in [0.2, 0.25) is 0 Å². The van der Waals surface area contributed by atoms with Crippen molar-refractivity contribution in [1.29, 1.82) is 0 Å². The summed E-state index contributed by atoms with van der Waals surface area (Å²) < 4.78 is 19.1. The number of benzene rings is 1. The highest BCUT2D eigenvalue weighted by Crippen LogP contribution is 2.19. The van der Waals surface area contributed by atoms with Crippen LogP contribution >= 0.6 is 11.3 Å². The first-order chi connectivity index (χ1) is 9.17. The minimum absolute atomic E-state index is 0.0496. The van der Waals surface area contributed by atoms with Crippen LogP contribution < -0.4 is 10.5 Å². The molecule has 1 aromatic heterocycles. The molecule has 1 heterocycles. The Morgan fingerprint density at radius 1 is 1.42 bits per heavy atom. The number of hydrogen-bond donors (Lipinski definition) is 1. The van der Waals surface area contributed by atoms with E-state index in [1.165, 1.54) is 23.5 Å². The third kappa shape index (κ3) is 4.29. The molecule has 1 atom stereocenters. The summed E-state index contributed by atoms with van der Waals surface area (Å²) in [7, 11) is 0. The molecule has 0 aliphatic heterocycles. The Labute approximate surface area is 116 Å². The average molecular weight is 280 g/mol. The molecule has 0 aliphatic rings. The van der Waals surface area contributed by atoms with E-state index in [1.807, 2.05) is 18.4 Å². The van der Waals surface area contributed by atoms with E-state index >= 15 is 0 Å². The Morgan fingerprint density at radius 2 is 2.26 bits per heavy atom. The van der Waals surface area contributed by atoms with Gasteiger partial charge in [0.25, 0.3) is 0 Å². The molecule has 19 heavy (non-hydrogen) atoms. The Bertz CT molecular complexity index is 516. The molecule has 0 radical (unpaired) electrons. The second kappa shape index (κ2) is 6.63. The lowest BCUT2D eigenvalue weighted by Crippen LogP contribution is -2.21. The quantitative estimate of drug-likeness (QED) is 0.884. The first kappa shape index (κ1) is 14.0. The maximum atomic E-state index is 13.5. The molecule has 0 aliphatic carbocycles. The highest BCUT2D eigenvalue weighted by atomic mass is 32.1. The van der Waals surface area contributed by atoms with E-state index in [-0.39, 0.29) is 11.9 Å². The summed E-state index contributed by atoms with van der Waals surface area (Å²) in [4.78, 5) is 4.12. The molecule has 2 aromatic rings. The normalized spacial score (nSPS) is 12.4. The summed E-state index contributed by atoms with van der Waals surface area (Å²) in [5.41, 5.74) is 6.75. The number of halogens is 1. The topological polar surface area (TPSA) is 48.1 Å². The number of hydrogen-bond acceptors (Lipinski definition) is 4. The van der Waals surface area contributed by atoms with Crippen molar-refractivity contribution < 1.29 is 9.13 Å². The lowest BCUT2D eigenvalue weighted by molar-refractivity contribution is 0.303. The van der Waals surface area contributed by atoms with Crippen LogP contribution in [0.25, 0.3) is 0 Å². The molecule has 0 spiro atoms. The van der Waals surface area contributed by atoms with Crippen LogP contribution in [0.4, 0.5) is 4.39 Å². The molecule has 0 fully saturated rings. The summed E-state index contributed by atoms with van der Waals surface area (Å²) in [6, 6.07) is 4.78. The Morgan fingerprint density at radius 3 is 2.95 bits per heavy atom. The van der Waals surface area contributed by atoms with Crippen molar-refractivity contribution in [2.24, 2.45) is 5.73 Å². The average Bonchev–Trinajstić information content (AvgIpc) is 2.88. The van der Waals surface area contributed by atoms with Crippen LogP contribution in [-0.4, -0.2) is 11.0 Å². The van der Waals surface area contributed by atoms with Gasteiger partial charge in [0.05, 0.1) is 0 Å². The molecular weight excluding hydrogens is 263 g/mol. The third-order valence-electron chi connectivity index (χ3n) is 2.80. The molecule has 5 heteroatoms. The Kier molecular flexibility index (Phi) is 4.87. The smallest absolute Gasteiger partial charge is 0.140 e. The first-order valence-corrected chi connectivity index (χ1v) is 7.11. The van der Waals surface area contributed by atoms with Gasteiger partial charge in [-0.2, -0.15) is 0 Å². The van der Waals surface area contributed by atoms with Gasteiger partial charge in [0.2, 0.25) is 0 Å². The van der Waals surface area contributed by atoms with E-state index < -0.39 is 0 Å². The van der Waals surface area contributed by atoms with Gasteiger partial charge in [-0.05, 0) is 30.5 Å². The van der Waals surface area contributed by atoms with Gasteiger partial charge in [-0.3, -0.25) is 0 Å². The summed E-state index contributed by atoms with van der Waals surface area (Å²) in [6.45, 7) is 2.38. The van der Waals surface area contributed by atoms with E-state index in [2.05, 4.69) is 4.98 Å². The SMILES string of the molecule is CCC(N)Cc1cc(F)cc(OCc2nccs2)c1. The van der Waals surface area contributed by atoms with Crippen LogP contribution in [0.1, 0.15) is 23.9 Å². The highest BCUT2D eigenvalue weighted by Gasteiger charge is 2.06. The van der Waals surface area contributed by atoms with Gasteiger partial charge in [-0.25, -0.2) is 9.37 Å². The Balaban J connectivity index is 2.03. The lowest BCUT2D eigenvalue weighted by Gasteiger charge is -2.11. The second-order valence-corrected chi connectivity index (χ2v) is 5.36. The third-order valence-corrected chi connectivity index (χ3v) is 3.55. The van der Waals surface area contributed by atoms with E-state index in [9.17, 15) is 4.39 Å². The minimum atomic E-state index is -0.296. The highest BCUT2D eigenvalue weighted by molar-refractivity contribution is 7.09. The lowest BCUT2D eigenvalue weighted by atomic mass is 10.0. The molecule has 0 bridgehead atoms. The standard InChI is InChI=1S/C14H17FN2OS/c1-2-12(16)6-10-5-11(15)8-13(7-10)18-9-14-17-3-4-19-14/h3-5,7-8,12H,2,6,9,16H2,1H3. The zero-order valence-electron chi connectivity index (χ0n) is 10.8. The van der Waals surface area contributed by atoms with Crippen LogP contribution in [-0.2, 0) is 13.0 Å². The van der Waals surface area contributed by atoms with Crippen molar-refractivity contribution in [1.82, 2.24) is 4.98 Å². The van der Waals surface area contributed by atoms with Crippen molar-refractivity contribution in [3.05, 3.63) is 46.2 Å². The minimum Gasteiger partial charge on any atom is -0.486 e. The van der Waals surface area contributed by atoms with Crippen LogP contribution in [0, 0.1) is 5.82 Å². The van der Waals surface area contributed by atoms with E-state index in [0.717, 1.165) is 17.0 Å². The number of nitrogens with two attached hydrogens (primary N) is 1. The number of ether oxygens (including phenoxy) is 1. The van der Waals surface area contributed by atoms with Crippen molar-refractivity contribution in [3.63, 3.8) is 0 Å². The van der Waals surface area contributed by atoms with Gasteiger partial charge < -0.3 is 10.5 Å². The first-order valence-electron chi connectivity index (χ1n) is 6.23. The Hall–Kier alpha value is -1.46. The second-order valence-electron chi connectivity index (χ2n) is 4.38. The number of aromatic nitrogens is 1. The number of rotatable bonds is 6. The summed E-state index contributed by atoms with van der Waals surface area (Å²) >= 11 is 1.51. The van der Waals surface area contributed by atoms with Crippen molar-refractivity contribution in [2.75, 3.05) is 0 Å². The number of nitrogens with zero attached hydrogens (tertiary/aromatic N) is 1. The predicted octanol–water partition coefficient (Wildman–Crippen LogP) is 3.14. The van der Waals surface area contributed by atoms with Crippen molar-refractivity contribution >= 4 is 11.3 Å².